The van der Waals surface area contributed by atoms with Crippen molar-refractivity contribution < 1.29 is 19.0 Å². The fourth-order valence-electron chi connectivity index (χ4n) is 5.21. The highest BCUT2D eigenvalue weighted by Crippen LogP contribution is 2.47. The highest BCUT2D eigenvalue weighted by Gasteiger charge is 2.32. The predicted molar refractivity (Wildman–Crippen MR) is 140 cm³/mol. The van der Waals surface area contributed by atoms with Gasteiger partial charge in [0.25, 0.3) is 0 Å². The molecule has 0 saturated carbocycles. The lowest BCUT2D eigenvalue weighted by Gasteiger charge is -2.34. The third-order valence-corrected chi connectivity index (χ3v) is 6.84. The van der Waals surface area contributed by atoms with Gasteiger partial charge in [-0.25, -0.2) is 0 Å². The van der Waals surface area contributed by atoms with Gasteiger partial charge in [0.1, 0.15) is 6.61 Å². The van der Waals surface area contributed by atoms with Crippen molar-refractivity contribution >= 4 is 0 Å². The van der Waals surface area contributed by atoms with Gasteiger partial charge >= 0.3 is 0 Å². The van der Waals surface area contributed by atoms with Gasteiger partial charge in [0.2, 0.25) is 0 Å². The van der Waals surface area contributed by atoms with Gasteiger partial charge in [0.05, 0.1) is 37.8 Å². The Hall–Kier alpha value is -2.87. The molecule has 2 aliphatic heterocycles. The Morgan fingerprint density at radius 1 is 1.08 bits per heavy atom. The molecule has 0 amide bonds. The van der Waals surface area contributed by atoms with Gasteiger partial charge in [-0.3, -0.25) is 9.82 Å². The zero-order chi connectivity index (χ0) is 25.4. The third kappa shape index (κ3) is 4.63. The van der Waals surface area contributed by atoms with Crippen LogP contribution < -0.4 is 9.47 Å². The SMILES string of the molecule is COc1cc2c(cc1OC(C)C)-c1c(-c3cccnc3)c3c(n1CC2)CON(C(C)(C)C)CCOC3. The Morgan fingerprint density at radius 3 is 2.61 bits per heavy atom. The Kier molecular flexibility index (Phi) is 6.81. The van der Waals surface area contributed by atoms with E-state index in [1.165, 1.54) is 16.8 Å². The van der Waals surface area contributed by atoms with Crippen LogP contribution in [0.25, 0.3) is 22.4 Å². The van der Waals surface area contributed by atoms with Crippen LogP contribution in [0, 0.1) is 0 Å². The van der Waals surface area contributed by atoms with Crippen LogP contribution in [0.15, 0.2) is 36.7 Å². The van der Waals surface area contributed by atoms with E-state index in [-0.39, 0.29) is 11.6 Å². The maximum Gasteiger partial charge on any atom is 0.162 e. The van der Waals surface area contributed by atoms with Gasteiger partial charge in [-0.05, 0) is 64.8 Å². The summed E-state index contributed by atoms with van der Waals surface area (Å²) < 4.78 is 20.5. The molecule has 0 bridgehead atoms. The van der Waals surface area contributed by atoms with Gasteiger partial charge in [0, 0.05) is 53.3 Å². The fraction of sp³-hybridized carbons (Fsp3) is 0.483. The average Bonchev–Trinajstić information content (AvgIpc) is 3.20. The van der Waals surface area contributed by atoms with Crippen LogP contribution in [-0.4, -0.2) is 46.5 Å². The molecular formula is C29H37N3O4. The molecular weight excluding hydrogens is 454 g/mol. The van der Waals surface area contributed by atoms with Crippen molar-refractivity contribution in [2.75, 3.05) is 20.3 Å². The summed E-state index contributed by atoms with van der Waals surface area (Å²) in [4.78, 5) is 10.9. The first-order valence-corrected chi connectivity index (χ1v) is 12.8. The highest BCUT2D eigenvalue weighted by atomic mass is 16.7. The summed E-state index contributed by atoms with van der Waals surface area (Å²) >= 11 is 0. The summed E-state index contributed by atoms with van der Waals surface area (Å²) in [6.45, 7) is 13.8. The molecule has 0 unspecified atom stereocenters. The molecule has 3 aromatic rings. The Morgan fingerprint density at radius 2 is 1.92 bits per heavy atom. The maximum atomic E-state index is 6.44. The first-order chi connectivity index (χ1) is 17.3. The van der Waals surface area contributed by atoms with Crippen molar-refractivity contribution in [1.82, 2.24) is 14.6 Å². The lowest BCUT2D eigenvalue weighted by molar-refractivity contribution is -0.223. The summed E-state index contributed by atoms with van der Waals surface area (Å²) in [5, 5.41) is 2.04. The Bertz CT molecular complexity index is 1230. The summed E-state index contributed by atoms with van der Waals surface area (Å²) in [6.07, 6.45) is 4.70. The average molecular weight is 492 g/mol. The number of aromatic nitrogens is 2. The van der Waals surface area contributed by atoms with E-state index >= 15 is 0 Å². The summed E-state index contributed by atoms with van der Waals surface area (Å²) in [6, 6.07) is 8.39. The van der Waals surface area contributed by atoms with E-state index in [2.05, 4.69) is 48.5 Å². The van der Waals surface area contributed by atoms with Gasteiger partial charge < -0.3 is 18.8 Å². The predicted octanol–water partition coefficient (Wildman–Crippen LogP) is 5.63. The molecule has 7 nitrogen and oxygen atoms in total. The molecule has 7 heteroatoms. The van der Waals surface area contributed by atoms with Crippen LogP contribution in [0.3, 0.4) is 0 Å². The van der Waals surface area contributed by atoms with Gasteiger partial charge in [-0.2, -0.15) is 5.06 Å². The molecule has 0 spiro atoms. The van der Waals surface area contributed by atoms with Crippen LogP contribution in [0.5, 0.6) is 11.5 Å². The topological polar surface area (TPSA) is 58.0 Å². The quantitative estimate of drug-likeness (QED) is 0.471. The second kappa shape index (κ2) is 9.88. The van der Waals surface area contributed by atoms with Crippen molar-refractivity contribution in [3.63, 3.8) is 0 Å². The first-order valence-electron chi connectivity index (χ1n) is 12.8. The van der Waals surface area contributed by atoms with Crippen molar-refractivity contribution in [1.29, 1.82) is 0 Å². The molecule has 0 fully saturated rings. The van der Waals surface area contributed by atoms with Gasteiger partial charge in [-0.1, -0.05) is 6.07 Å². The van der Waals surface area contributed by atoms with E-state index in [4.69, 9.17) is 19.0 Å². The standard InChI is InChI=1S/C29H37N3O4/c1-19(2)36-26-15-22-20(14-25(26)33-6)9-11-31-24-18-35-32(29(3,4)5)12-13-34-17-23(24)27(28(22)31)21-8-7-10-30-16-21/h7-8,10,14-16,19H,9,11-13,17-18H2,1-6H3. The molecule has 2 aromatic heterocycles. The number of hydroxylamine groups is 2. The number of fused-ring (bicyclic) bond motifs is 5. The number of nitrogens with zero attached hydrogens (tertiary/aromatic N) is 3. The second-order valence-electron chi connectivity index (χ2n) is 10.7. The minimum atomic E-state index is -0.121. The molecule has 0 radical (unpaired) electrons. The lowest BCUT2D eigenvalue weighted by atomic mass is 9.92. The van der Waals surface area contributed by atoms with Crippen molar-refractivity contribution in [3.05, 3.63) is 53.5 Å². The summed E-state index contributed by atoms with van der Waals surface area (Å²) in [5.41, 5.74) is 8.02. The molecule has 5 rings (SSSR count). The highest BCUT2D eigenvalue weighted by molar-refractivity contribution is 5.88. The second-order valence-corrected chi connectivity index (χ2v) is 10.7. The van der Waals surface area contributed by atoms with Crippen molar-refractivity contribution in [2.45, 2.75) is 72.4 Å². The molecule has 1 aromatic carbocycles. The number of methoxy groups -OCH3 is 1. The van der Waals surface area contributed by atoms with E-state index in [0.29, 0.717) is 19.8 Å². The molecule has 192 valence electrons. The number of hydrogen-bond donors (Lipinski definition) is 0. The maximum absolute atomic E-state index is 6.44. The number of rotatable bonds is 4. The zero-order valence-electron chi connectivity index (χ0n) is 22.3. The lowest BCUT2D eigenvalue weighted by Crippen LogP contribution is -2.43. The van der Waals surface area contributed by atoms with E-state index in [0.717, 1.165) is 53.4 Å². The van der Waals surface area contributed by atoms with E-state index < -0.39 is 0 Å². The minimum absolute atomic E-state index is 0.0410. The van der Waals surface area contributed by atoms with E-state index in [9.17, 15) is 0 Å². The number of pyridine rings is 1. The van der Waals surface area contributed by atoms with Crippen LogP contribution >= 0.6 is 0 Å². The fourth-order valence-corrected chi connectivity index (χ4v) is 5.21. The molecule has 0 saturated heterocycles. The number of ether oxygens (including phenoxy) is 3. The van der Waals surface area contributed by atoms with Crippen LogP contribution in [0.2, 0.25) is 0 Å². The molecule has 0 N–H and O–H groups in total. The van der Waals surface area contributed by atoms with Crippen molar-refractivity contribution in [3.8, 4) is 33.9 Å². The first kappa shape index (κ1) is 24.8. The third-order valence-electron chi connectivity index (χ3n) is 6.84. The number of aryl methyl sites for hydroxylation is 1. The molecule has 0 aliphatic carbocycles. The molecule has 0 atom stereocenters. The summed E-state index contributed by atoms with van der Waals surface area (Å²) in [5.74, 6) is 1.53. The number of benzene rings is 1. The minimum Gasteiger partial charge on any atom is -0.493 e. The van der Waals surface area contributed by atoms with Crippen LogP contribution in [0.4, 0.5) is 0 Å². The van der Waals surface area contributed by atoms with E-state index in [1.54, 1.807) is 7.11 Å². The monoisotopic (exact) mass is 491 g/mol. The van der Waals surface area contributed by atoms with Crippen LogP contribution in [0.1, 0.15) is 51.4 Å². The largest absolute Gasteiger partial charge is 0.493 e. The number of hydrogen-bond acceptors (Lipinski definition) is 6. The summed E-state index contributed by atoms with van der Waals surface area (Å²) in [7, 11) is 1.70. The van der Waals surface area contributed by atoms with Crippen molar-refractivity contribution in [2.24, 2.45) is 0 Å². The van der Waals surface area contributed by atoms with Gasteiger partial charge in [-0.15, -0.1) is 0 Å². The smallest absolute Gasteiger partial charge is 0.162 e. The normalized spacial score (nSPS) is 16.4. The van der Waals surface area contributed by atoms with Crippen LogP contribution in [-0.2, 0) is 35.8 Å². The Balaban J connectivity index is 1.72. The van der Waals surface area contributed by atoms with Gasteiger partial charge in [0.15, 0.2) is 11.5 Å². The zero-order valence-corrected chi connectivity index (χ0v) is 22.3. The van der Waals surface area contributed by atoms with E-state index in [1.807, 2.05) is 37.4 Å². The molecule has 2 aliphatic rings. The Labute approximate surface area is 213 Å². The molecule has 4 heterocycles. The molecule has 36 heavy (non-hydrogen) atoms.